The monoisotopic (exact) mass is 468 g/mol. The number of anilines is 2. The lowest BCUT2D eigenvalue weighted by Gasteiger charge is -2.35. The zero-order chi connectivity index (χ0) is 23.4. The Bertz CT molecular complexity index is 1040. The molecule has 2 heterocycles. The Morgan fingerprint density at radius 2 is 1.73 bits per heavy atom. The van der Waals surface area contributed by atoms with Gasteiger partial charge in [0, 0.05) is 44.8 Å². The molecule has 1 atom stereocenters. The maximum atomic E-state index is 13.1. The highest BCUT2D eigenvalue weighted by Crippen LogP contribution is 2.29. The molecule has 1 N–H and O–H groups in total. The Kier molecular flexibility index (Phi) is 7.30. The Balaban J connectivity index is 1.28. The molecule has 2 fully saturated rings. The van der Waals surface area contributed by atoms with Crippen molar-refractivity contribution < 1.29 is 14.4 Å². The van der Waals surface area contributed by atoms with E-state index in [2.05, 4.69) is 12.2 Å². The van der Waals surface area contributed by atoms with Crippen molar-refractivity contribution >= 4 is 40.7 Å². The molecule has 174 valence electrons. The van der Waals surface area contributed by atoms with Crippen molar-refractivity contribution in [3.05, 3.63) is 59.1 Å². The third kappa shape index (κ3) is 5.37. The quantitative estimate of drug-likeness (QED) is 0.707. The predicted molar refractivity (Wildman–Crippen MR) is 129 cm³/mol. The van der Waals surface area contributed by atoms with E-state index in [1.54, 1.807) is 17.0 Å². The van der Waals surface area contributed by atoms with E-state index in [0.717, 1.165) is 17.7 Å². The van der Waals surface area contributed by atoms with Gasteiger partial charge in [-0.3, -0.25) is 19.3 Å². The van der Waals surface area contributed by atoms with Crippen molar-refractivity contribution in [2.45, 2.75) is 19.8 Å². The third-order valence-corrected chi connectivity index (χ3v) is 6.67. The van der Waals surface area contributed by atoms with Gasteiger partial charge in [-0.15, -0.1) is 0 Å². The molecule has 2 aromatic rings. The van der Waals surface area contributed by atoms with E-state index >= 15 is 0 Å². The second kappa shape index (κ2) is 10.4. The molecule has 0 aliphatic carbocycles. The van der Waals surface area contributed by atoms with Gasteiger partial charge in [-0.1, -0.05) is 48.9 Å². The first kappa shape index (κ1) is 23.3. The SMILES string of the molecule is CCc1ccccc1N1CC(C(=O)N2CCN(CC(=O)Nc3ccccc3Cl)CC2)CC1=O. The summed E-state index contributed by atoms with van der Waals surface area (Å²) in [4.78, 5) is 43.8. The number of hydrogen-bond acceptors (Lipinski definition) is 4. The fraction of sp³-hybridized carbons (Fsp3) is 0.400. The van der Waals surface area contributed by atoms with Gasteiger partial charge in [0.15, 0.2) is 0 Å². The lowest BCUT2D eigenvalue weighted by Crippen LogP contribution is -2.52. The number of para-hydroxylation sites is 2. The van der Waals surface area contributed by atoms with Crippen LogP contribution >= 0.6 is 11.6 Å². The van der Waals surface area contributed by atoms with Crippen LogP contribution in [-0.4, -0.2) is 66.8 Å². The number of benzene rings is 2. The summed E-state index contributed by atoms with van der Waals surface area (Å²) in [5, 5.41) is 3.34. The molecular formula is C25H29ClN4O3. The second-order valence-corrected chi connectivity index (χ2v) is 8.92. The van der Waals surface area contributed by atoms with Crippen LogP contribution in [0.5, 0.6) is 0 Å². The summed E-state index contributed by atoms with van der Waals surface area (Å²) in [6.07, 6.45) is 1.09. The summed E-state index contributed by atoms with van der Waals surface area (Å²) in [7, 11) is 0. The van der Waals surface area contributed by atoms with Crippen molar-refractivity contribution in [1.82, 2.24) is 9.80 Å². The highest BCUT2D eigenvalue weighted by atomic mass is 35.5. The molecule has 7 nitrogen and oxygen atoms in total. The van der Waals surface area contributed by atoms with E-state index in [4.69, 9.17) is 11.6 Å². The summed E-state index contributed by atoms with van der Waals surface area (Å²) < 4.78 is 0. The zero-order valence-electron chi connectivity index (χ0n) is 18.8. The lowest BCUT2D eigenvalue weighted by molar-refractivity contribution is -0.137. The Labute approximate surface area is 199 Å². The fourth-order valence-corrected chi connectivity index (χ4v) is 4.70. The predicted octanol–water partition coefficient (Wildman–Crippen LogP) is 3.04. The molecule has 2 aliphatic rings. The topological polar surface area (TPSA) is 73.0 Å². The van der Waals surface area contributed by atoms with Gasteiger partial charge in [0.1, 0.15) is 0 Å². The van der Waals surface area contributed by atoms with Gasteiger partial charge in [-0.05, 0) is 30.2 Å². The molecule has 2 aliphatic heterocycles. The van der Waals surface area contributed by atoms with Gasteiger partial charge in [0.25, 0.3) is 0 Å². The minimum atomic E-state index is -0.322. The van der Waals surface area contributed by atoms with E-state index in [-0.39, 0.29) is 36.6 Å². The van der Waals surface area contributed by atoms with Crippen molar-refractivity contribution in [3.63, 3.8) is 0 Å². The minimum absolute atomic E-state index is 0.00382. The lowest BCUT2D eigenvalue weighted by atomic mass is 10.1. The van der Waals surface area contributed by atoms with Crippen molar-refractivity contribution in [2.75, 3.05) is 49.5 Å². The first-order chi connectivity index (χ1) is 16.0. The molecule has 8 heteroatoms. The molecule has 4 rings (SSSR count). The Morgan fingerprint density at radius 3 is 2.45 bits per heavy atom. The number of aryl methyl sites for hydroxylation is 1. The highest BCUT2D eigenvalue weighted by Gasteiger charge is 2.38. The number of piperazine rings is 1. The summed E-state index contributed by atoms with van der Waals surface area (Å²) >= 11 is 6.10. The van der Waals surface area contributed by atoms with Crippen LogP contribution in [0.4, 0.5) is 11.4 Å². The Morgan fingerprint density at radius 1 is 1.03 bits per heavy atom. The summed E-state index contributed by atoms with van der Waals surface area (Å²) in [5.41, 5.74) is 2.62. The number of nitrogens with zero attached hydrogens (tertiary/aromatic N) is 3. The molecule has 0 spiro atoms. The maximum absolute atomic E-state index is 13.1. The zero-order valence-corrected chi connectivity index (χ0v) is 19.6. The van der Waals surface area contributed by atoms with Crippen LogP contribution in [0.3, 0.4) is 0 Å². The van der Waals surface area contributed by atoms with E-state index < -0.39 is 0 Å². The molecule has 0 saturated carbocycles. The van der Waals surface area contributed by atoms with Gasteiger partial charge in [0.2, 0.25) is 17.7 Å². The normalized spacial score (nSPS) is 19.1. The molecule has 0 bridgehead atoms. The van der Waals surface area contributed by atoms with Crippen LogP contribution in [0.15, 0.2) is 48.5 Å². The van der Waals surface area contributed by atoms with Crippen LogP contribution in [0.2, 0.25) is 5.02 Å². The molecule has 3 amide bonds. The van der Waals surface area contributed by atoms with Crippen LogP contribution < -0.4 is 10.2 Å². The molecular weight excluding hydrogens is 440 g/mol. The Hall–Kier alpha value is -2.90. The standard InChI is InChI=1S/C25H29ClN4O3/c1-2-18-7-3-6-10-22(18)30-16-19(15-24(30)32)25(33)29-13-11-28(12-14-29)17-23(31)27-21-9-5-4-8-20(21)26/h3-10,19H,2,11-17H2,1H3,(H,27,31). The van der Waals surface area contributed by atoms with E-state index in [1.165, 1.54) is 0 Å². The smallest absolute Gasteiger partial charge is 0.238 e. The van der Waals surface area contributed by atoms with Gasteiger partial charge < -0.3 is 15.1 Å². The molecule has 0 aromatic heterocycles. The summed E-state index contributed by atoms with van der Waals surface area (Å²) in [6, 6.07) is 15.0. The van der Waals surface area contributed by atoms with Crippen molar-refractivity contribution in [3.8, 4) is 0 Å². The maximum Gasteiger partial charge on any atom is 0.238 e. The van der Waals surface area contributed by atoms with Gasteiger partial charge in [0.05, 0.1) is 23.2 Å². The molecule has 33 heavy (non-hydrogen) atoms. The number of amides is 3. The molecule has 2 aromatic carbocycles. The molecule has 2 saturated heterocycles. The van der Waals surface area contributed by atoms with Crippen LogP contribution in [-0.2, 0) is 20.8 Å². The van der Waals surface area contributed by atoms with Crippen LogP contribution in [0, 0.1) is 5.92 Å². The summed E-state index contributed by atoms with van der Waals surface area (Å²) in [5.74, 6) is -0.420. The van der Waals surface area contributed by atoms with Crippen molar-refractivity contribution in [1.29, 1.82) is 0 Å². The second-order valence-electron chi connectivity index (χ2n) is 8.52. The van der Waals surface area contributed by atoms with Gasteiger partial charge in [-0.2, -0.15) is 0 Å². The van der Waals surface area contributed by atoms with Gasteiger partial charge in [-0.25, -0.2) is 0 Å². The number of halogens is 1. The average molecular weight is 469 g/mol. The molecule has 0 radical (unpaired) electrons. The first-order valence-corrected chi connectivity index (χ1v) is 11.8. The minimum Gasteiger partial charge on any atom is -0.340 e. The molecule has 1 unspecified atom stereocenters. The highest BCUT2D eigenvalue weighted by molar-refractivity contribution is 6.33. The fourth-order valence-electron chi connectivity index (χ4n) is 4.52. The summed E-state index contributed by atoms with van der Waals surface area (Å²) in [6.45, 7) is 5.07. The van der Waals surface area contributed by atoms with E-state index in [9.17, 15) is 14.4 Å². The van der Waals surface area contributed by atoms with Crippen molar-refractivity contribution in [2.24, 2.45) is 5.92 Å². The average Bonchev–Trinajstić information content (AvgIpc) is 3.22. The van der Waals surface area contributed by atoms with E-state index in [1.807, 2.05) is 46.2 Å². The number of carbonyl (C=O) groups excluding carboxylic acids is 3. The number of rotatable bonds is 6. The van der Waals surface area contributed by atoms with E-state index in [0.29, 0.717) is 43.4 Å². The largest absolute Gasteiger partial charge is 0.340 e. The number of hydrogen-bond donors (Lipinski definition) is 1. The number of nitrogens with one attached hydrogen (secondary N) is 1. The number of carbonyl (C=O) groups is 3. The third-order valence-electron chi connectivity index (χ3n) is 6.34. The first-order valence-electron chi connectivity index (χ1n) is 11.4. The van der Waals surface area contributed by atoms with Gasteiger partial charge >= 0.3 is 0 Å². The van der Waals surface area contributed by atoms with Crippen LogP contribution in [0.1, 0.15) is 18.9 Å². The van der Waals surface area contributed by atoms with Crippen LogP contribution in [0.25, 0.3) is 0 Å².